The number of hydrogen-bond acceptors (Lipinski definition) is 5. The van der Waals surface area contributed by atoms with E-state index in [4.69, 9.17) is 14.7 Å². The van der Waals surface area contributed by atoms with E-state index >= 15 is 0 Å². The van der Waals surface area contributed by atoms with Gasteiger partial charge in [-0.3, -0.25) is 0 Å². The van der Waals surface area contributed by atoms with Gasteiger partial charge in [0.15, 0.2) is 0 Å². The molecule has 25 heavy (non-hydrogen) atoms. The third kappa shape index (κ3) is 4.62. The zero-order valence-corrected chi connectivity index (χ0v) is 14.5. The molecule has 7 nitrogen and oxygen atoms in total. The second-order valence-electron chi connectivity index (χ2n) is 6.50. The van der Waals surface area contributed by atoms with Gasteiger partial charge in [0, 0.05) is 32.8 Å². The molecule has 0 aliphatic carbocycles. The highest BCUT2D eigenvalue weighted by Crippen LogP contribution is 2.19. The van der Waals surface area contributed by atoms with Gasteiger partial charge in [0.05, 0.1) is 24.3 Å². The molecule has 1 aromatic rings. The molecule has 3 rings (SSSR count). The van der Waals surface area contributed by atoms with Gasteiger partial charge in [0.25, 0.3) is 0 Å². The van der Waals surface area contributed by atoms with E-state index in [1.54, 1.807) is 24.3 Å². The number of nitriles is 1. The number of carbonyl (C=O) groups excluding carboxylic acids is 1. The smallest absolute Gasteiger partial charge is 0.317 e. The second-order valence-corrected chi connectivity index (χ2v) is 6.50. The summed E-state index contributed by atoms with van der Waals surface area (Å²) in [6, 6.07) is 8.94. The molecule has 0 spiro atoms. The van der Waals surface area contributed by atoms with Crippen molar-refractivity contribution in [2.45, 2.75) is 18.6 Å². The third-order valence-corrected chi connectivity index (χ3v) is 4.67. The minimum atomic E-state index is -0.238. The van der Waals surface area contributed by atoms with Gasteiger partial charge in [-0.2, -0.15) is 5.26 Å². The van der Waals surface area contributed by atoms with Gasteiger partial charge in [-0.1, -0.05) is 0 Å². The van der Waals surface area contributed by atoms with Crippen LogP contribution in [0.2, 0.25) is 0 Å². The van der Waals surface area contributed by atoms with Crippen LogP contribution in [-0.4, -0.2) is 74.4 Å². The van der Waals surface area contributed by atoms with Crippen LogP contribution < -0.4 is 10.1 Å². The third-order valence-electron chi connectivity index (χ3n) is 4.67. The highest BCUT2D eigenvalue weighted by molar-refractivity contribution is 5.74. The number of likely N-dealkylation sites (N-methyl/N-ethyl adjacent to an activating group) is 1. The Morgan fingerprint density at radius 1 is 1.28 bits per heavy atom. The van der Waals surface area contributed by atoms with Crippen LogP contribution in [0.1, 0.15) is 12.0 Å². The van der Waals surface area contributed by atoms with E-state index in [0.29, 0.717) is 24.5 Å². The van der Waals surface area contributed by atoms with Crippen molar-refractivity contribution in [3.8, 4) is 11.8 Å². The van der Waals surface area contributed by atoms with E-state index in [-0.39, 0.29) is 18.2 Å². The van der Waals surface area contributed by atoms with E-state index in [1.807, 2.05) is 4.90 Å². The Morgan fingerprint density at radius 2 is 2.00 bits per heavy atom. The first kappa shape index (κ1) is 17.5. The second kappa shape index (κ2) is 8.19. The fraction of sp³-hybridized carbons (Fsp3) is 0.556. The molecule has 2 saturated heterocycles. The van der Waals surface area contributed by atoms with Crippen molar-refractivity contribution >= 4 is 6.03 Å². The number of ether oxygens (including phenoxy) is 2. The largest absolute Gasteiger partial charge is 0.486 e. The summed E-state index contributed by atoms with van der Waals surface area (Å²) in [6.07, 6.45) is 0.485. The van der Waals surface area contributed by atoms with E-state index < -0.39 is 0 Å². The minimum Gasteiger partial charge on any atom is -0.486 e. The first-order chi connectivity index (χ1) is 12.2. The van der Waals surface area contributed by atoms with Crippen molar-refractivity contribution in [3.63, 3.8) is 0 Å². The number of nitrogens with one attached hydrogen (secondary N) is 1. The van der Waals surface area contributed by atoms with Crippen molar-refractivity contribution in [2.24, 2.45) is 0 Å². The number of carbonyl (C=O) groups is 1. The van der Waals surface area contributed by atoms with Crippen molar-refractivity contribution in [3.05, 3.63) is 29.8 Å². The van der Waals surface area contributed by atoms with Gasteiger partial charge in [-0.15, -0.1) is 0 Å². The average molecular weight is 344 g/mol. The Labute approximate surface area is 148 Å². The summed E-state index contributed by atoms with van der Waals surface area (Å²) < 4.78 is 11.5. The SMILES string of the molecule is CN1CCN(C(=O)N[C@@H]2CCOC[C@H]2Oc2ccc(C#N)cc2)CC1. The molecule has 0 saturated carbocycles. The van der Waals surface area contributed by atoms with Crippen LogP contribution in [0, 0.1) is 11.3 Å². The van der Waals surface area contributed by atoms with Crippen LogP contribution in [0.25, 0.3) is 0 Å². The summed E-state index contributed by atoms with van der Waals surface area (Å²) in [5, 5.41) is 12.0. The van der Waals surface area contributed by atoms with Gasteiger partial charge in [0.1, 0.15) is 11.9 Å². The van der Waals surface area contributed by atoms with Crippen LogP contribution in [0.5, 0.6) is 5.75 Å². The molecule has 0 bridgehead atoms. The molecule has 2 amide bonds. The monoisotopic (exact) mass is 344 g/mol. The topological polar surface area (TPSA) is 77.8 Å². The van der Waals surface area contributed by atoms with Crippen molar-refractivity contribution in [1.29, 1.82) is 5.26 Å². The Kier molecular flexibility index (Phi) is 5.74. The maximum atomic E-state index is 12.5. The fourth-order valence-corrected chi connectivity index (χ4v) is 3.04. The molecule has 7 heteroatoms. The average Bonchev–Trinajstić information content (AvgIpc) is 2.64. The standard InChI is InChI=1S/C18H24N4O3/c1-21-7-9-22(10-8-21)18(23)20-16-6-11-24-13-17(16)25-15-4-2-14(12-19)3-5-15/h2-5,16-17H,6-11,13H2,1H3,(H,20,23)/t16-,17-/m1/s1. The molecular weight excluding hydrogens is 320 g/mol. The summed E-state index contributed by atoms with van der Waals surface area (Å²) >= 11 is 0. The number of rotatable bonds is 3. The molecule has 2 fully saturated rings. The Balaban J connectivity index is 1.58. The quantitative estimate of drug-likeness (QED) is 0.887. The lowest BCUT2D eigenvalue weighted by Crippen LogP contribution is -2.57. The summed E-state index contributed by atoms with van der Waals surface area (Å²) in [6.45, 7) is 4.33. The van der Waals surface area contributed by atoms with Gasteiger partial charge < -0.3 is 24.6 Å². The first-order valence-electron chi connectivity index (χ1n) is 8.64. The van der Waals surface area contributed by atoms with Gasteiger partial charge in [-0.05, 0) is 37.7 Å². The lowest BCUT2D eigenvalue weighted by molar-refractivity contribution is -0.0132. The predicted molar refractivity (Wildman–Crippen MR) is 92.4 cm³/mol. The van der Waals surface area contributed by atoms with Crippen molar-refractivity contribution < 1.29 is 14.3 Å². The van der Waals surface area contributed by atoms with Crippen molar-refractivity contribution in [2.75, 3.05) is 46.4 Å². The summed E-state index contributed by atoms with van der Waals surface area (Å²) in [7, 11) is 2.06. The summed E-state index contributed by atoms with van der Waals surface area (Å²) in [5.41, 5.74) is 0.590. The first-order valence-corrected chi connectivity index (χ1v) is 8.64. The number of benzene rings is 1. The zero-order chi connectivity index (χ0) is 17.6. The highest BCUT2D eigenvalue weighted by atomic mass is 16.5. The molecule has 0 aromatic heterocycles. The van der Waals surface area contributed by atoms with Crippen LogP contribution in [-0.2, 0) is 4.74 Å². The number of nitrogens with zero attached hydrogens (tertiary/aromatic N) is 3. The van der Waals surface area contributed by atoms with Crippen LogP contribution in [0.3, 0.4) is 0 Å². The van der Waals surface area contributed by atoms with Crippen LogP contribution in [0.15, 0.2) is 24.3 Å². The normalized spacial score (nSPS) is 24.4. The Morgan fingerprint density at radius 3 is 2.68 bits per heavy atom. The van der Waals surface area contributed by atoms with Crippen LogP contribution in [0.4, 0.5) is 4.79 Å². The molecular formula is C18H24N4O3. The number of piperazine rings is 1. The maximum Gasteiger partial charge on any atom is 0.317 e. The van der Waals surface area contributed by atoms with Gasteiger partial charge >= 0.3 is 6.03 Å². The van der Waals surface area contributed by atoms with E-state index in [1.165, 1.54) is 0 Å². The van der Waals surface area contributed by atoms with E-state index in [9.17, 15) is 4.79 Å². The van der Waals surface area contributed by atoms with Crippen LogP contribution >= 0.6 is 0 Å². The predicted octanol–water partition coefficient (Wildman–Crippen LogP) is 1.05. The molecule has 1 aromatic carbocycles. The fourth-order valence-electron chi connectivity index (χ4n) is 3.04. The number of urea groups is 1. The number of amides is 2. The molecule has 2 aliphatic heterocycles. The molecule has 2 heterocycles. The lowest BCUT2D eigenvalue weighted by Gasteiger charge is -2.36. The maximum absolute atomic E-state index is 12.5. The van der Waals surface area contributed by atoms with Gasteiger partial charge in [-0.25, -0.2) is 4.79 Å². The Hall–Kier alpha value is -2.30. The molecule has 2 aliphatic rings. The lowest BCUT2D eigenvalue weighted by atomic mass is 10.1. The molecule has 1 N–H and O–H groups in total. The molecule has 2 atom stereocenters. The van der Waals surface area contributed by atoms with E-state index in [2.05, 4.69) is 23.3 Å². The summed E-state index contributed by atoms with van der Waals surface area (Å²) in [4.78, 5) is 16.6. The summed E-state index contributed by atoms with van der Waals surface area (Å²) in [5.74, 6) is 0.674. The van der Waals surface area contributed by atoms with E-state index in [0.717, 1.165) is 32.6 Å². The van der Waals surface area contributed by atoms with Crippen molar-refractivity contribution in [1.82, 2.24) is 15.1 Å². The molecule has 134 valence electrons. The highest BCUT2D eigenvalue weighted by Gasteiger charge is 2.31. The number of hydrogen-bond donors (Lipinski definition) is 1. The molecule has 0 unspecified atom stereocenters. The van der Waals surface area contributed by atoms with Gasteiger partial charge in [0.2, 0.25) is 0 Å². The Bertz CT molecular complexity index is 620. The molecule has 0 radical (unpaired) electrons. The minimum absolute atomic E-state index is 0.0339. The zero-order valence-electron chi connectivity index (χ0n) is 14.5.